The van der Waals surface area contributed by atoms with E-state index in [0.29, 0.717) is 12.1 Å². The Morgan fingerprint density at radius 2 is 1.08 bits per heavy atom. The van der Waals surface area contributed by atoms with Gasteiger partial charge in [0, 0.05) is 24.5 Å². The van der Waals surface area contributed by atoms with Gasteiger partial charge < -0.3 is 55.4 Å². The van der Waals surface area contributed by atoms with Crippen molar-refractivity contribution >= 4 is 139 Å². The molecule has 0 amide bonds. The minimum absolute atomic E-state index is 0. The van der Waals surface area contributed by atoms with Crippen LogP contribution in [0.1, 0.15) is 15.9 Å². The molecule has 360 valence electrons. The summed E-state index contributed by atoms with van der Waals surface area (Å²) < 4.78 is 149. The predicted molar refractivity (Wildman–Crippen MR) is 232 cm³/mol. The number of fused-ring (bicyclic) bond motifs is 1. The van der Waals surface area contributed by atoms with Gasteiger partial charge in [0.1, 0.15) is 57.6 Å². The van der Waals surface area contributed by atoms with Crippen LogP contribution in [0.2, 0.25) is 10.6 Å². The second-order valence-electron chi connectivity index (χ2n) is 13.0. The molecule has 3 aromatic carbocycles. The largest absolute Gasteiger partial charge is 1.00 e. The van der Waals surface area contributed by atoms with E-state index < -0.39 is 105 Å². The van der Waals surface area contributed by atoms with Gasteiger partial charge >= 0.3 is 118 Å². The maximum Gasteiger partial charge on any atom is 1.00 e. The Hall–Kier alpha value is -2.70. The van der Waals surface area contributed by atoms with Crippen molar-refractivity contribution in [2.24, 2.45) is 15.3 Å². The first kappa shape index (κ1) is 65.4. The Balaban J connectivity index is 0.00000444. The van der Waals surface area contributed by atoms with Gasteiger partial charge in [0.15, 0.2) is 0 Å². The molecule has 0 spiro atoms. The molecule has 5 aromatic rings. The number of aliphatic hydroxyl groups excluding tert-OH is 2. The molecule has 0 aliphatic heterocycles. The first-order valence-corrected chi connectivity index (χ1v) is 24.3. The molecule has 30 nitrogen and oxygen atoms in total. The van der Waals surface area contributed by atoms with Crippen LogP contribution in [0.3, 0.4) is 0 Å². The summed E-state index contributed by atoms with van der Waals surface area (Å²) in [4.78, 5) is 32.4. The van der Waals surface area contributed by atoms with E-state index in [2.05, 4.69) is 66.5 Å². The maximum absolute atomic E-state index is 14.1. The average molecular weight is 1150 g/mol. The molecule has 72 heavy (non-hydrogen) atoms. The smallest absolute Gasteiger partial charge is 0.744 e. The van der Waals surface area contributed by atoms with Gasteiger partial charge in [-0.2, -0.15) is 35.0 Å². The number of hydrazone groups is 1. The van der Waals surface area contributed by atoms with Gasteiger partial charge in [-0.3, -0.25) is 10.2 Å². The fraction of sp³-hybridized carbons (Fsp3) is 0.125. The number of allylic oxidation sites excluding steroid dienone is 1. The van der Waals surface area contributed by atoms with Crippen molar-refractivity contribution in [2.75, 3.05) is 58.7 Å². The zero-order chi connectivity index (χ0) is 49.9. The molecule has 0 fully saturated rings. The summed E-state index contributed by atoms with van der Waals surface area (Å²) in [5.74, 6) is -2.39. The zero-order valence-electron chi connectivity index (χ0n) is 37.1. The van der Waals surface area contributed by atoms with Gasteiger partial charge in [-0.1, -0.05) is 0 Å². The SMILES string of the molecule is Nc1c(N=Nc2cc(Nc3nc(Cl)nc(NCCO)n3)ccc2S(=O)(=O)[O-])c(S(=O)(=O)[O-])cc2c1C(=O)C(=NNc1cc(Nc3nc(Cl)nc(NCCO)n3)ccc1S(=O)(=O)[O-])C(S(=O)(=O)[O-])=C2.[Na+].[Na+].[Na+].[Na+]. The molecular formula is C32H25Cl2N15Na4O15S4. The van der Waals surface area contributed by atoms with Crippen molar-refractivity contribution in [2.45, 2.75) is 14.7 Å². The number of hydrogen-bond donors (Lipinski definition) is 8. The second-order valence-corrected chi connectivity index (χ2v) is 19.0. The molecule has 0 unspecified atom stereocenters. The summed E-state index contributed by atoms with van der Waals surface area (Å²) in [5.41, 5.74) is 1.12. The molecular weight excluding hydrogens is 1130 g/mol. The van der Waals surface area contributed by atoms with Gasteiger partial charge in [-0.05, 0) is 77.3 Å². The normalized spacial score (nSPS) is 13.1. The van der Waals surface area contributed by atoms with E-state index in [1.165, 1.54) is 0 Å². The maximum atomic E-state index is 14.1. The van der Waals surface area contributed by atoms with Crippen LogP contribution in [0.15, 0.2) is 77.4 Å². The summed E-state index contributed by atoms with van der Waals surface area (Å²) in [6, 6.07) is 5.67. The summed E-state index contributed by atoms with van der Waals surface area (Å²) in [6.45, 7) is -0.652. The van der Waals surface area contributed by atoms with E-state index in [1.54, 1.807) is 0 Å². The third-order valence-electron chi connectivity index (χ3n) is 8.38. The molecule has 9 N–H and O–H groups in total. The number of carbonyl (C=O) groups excluding carboxylic acids is 1. The number of nitrogens with zero attached hydrogens (tertiary/aromatic N) is 9. The van der Waals surface area contributed by atoms with Crippen LogP contribution < -0.4 is 151 Å². The van der Waals surface area contributed by atoms with Gasteiger partial charge in [0.2, 0.25) is 40.1 Å². The molecule has 0 saturated heterocycles. The molecule has 6 rings (SSSR count). The number of azo groups is 1. The number of nitrogens with one attached hydrogen (secondary N) is 5. The molecule has 0 atom stereocenters. The molecule has 0 bridgehead atoms. The summed E-state index contributed by atoms with van der Waals surface area (Å²) in [5, 5.41) is 38.8. The van der Waals surface area contributed by atoms with Crippen molar-refractivity contribution in [1.29, 1.82) is 0 Å². The van der Waals surface area contributed by atoms with Gasteiger partial charge in [0.25, 0.3) is 0 Å². The first-order valence-electron chi connectivity index (χ1n) is 17.9. The molecule has 0 saturated carbocycles. The molecule has 2 aromatic heterocycles. The quantitative estimate of drug-likeness (QED) is 0.0133. The minimum Gasteiger partial charge on any atom is -0.744 e. The van der Waals surface area contributed by atoms with E-state index in [0.717, 1.165) is 36.4 Å². The fourth-order valence-electron chi connectivity index (χ4n) is 5.67. The van der Waals surface area contributed by atoms with Crippen LogP contribution in [0.4, 0.5) is 57.9 Å². The van der Waals surface area contributed by atoms with E-state index in [1.807, 2.05) is 5.43 Å². The summed E-state index contributed by atoms with van der Waals surface area (Å²) in [7, 11) is -22.4. The number of carbonyl (C=O) groups is 1. The number of benzene rings is 3. The van der Waals surface area contributed by atoms with Crippen LogP contribution >= 0.6 is 23.2 Å². The van der Waals surface area contributed by atoms with Crippen LogP contribution in [-0.2, 0) is 40.5 Å². The van der Waals surface area contributed by atoms with Crippen LogP contribution in [-0.4, -0.2) is 130 Å². The number of Topliss-reactive ketones (excluding diaryl/α,β-unsaturated/α-hetero) is 1. The van der Waals surface area contributed by atoms with Gasteiger partial charge in [-0.15, -0.1) is 10.2 Å². The third-order valence-corrected chi connectivity index (χ3v) is 12.2. The van der Waals surface area contributed by atoms with Gasteiger partial charge in [-0.25, -0.2) is 33.7 Å². The third kappa shape index (κ3) is 16.6. The second kappa shape index (κ2) is 26.9. The van der Waals surface area contributed by atoms with E-state index >= 15 is 0 Å². The Labute approximate surface area is 505 Å². The van der Waals surface area contributed by atoms with Crippen molar-refractivity contribution in [3.05, 3.63) is 69.1 Å². The number of aromatic nitrogens is 6. The standard InChI is InChI=1S/C32H29Cl2N15O15S4.4Na/c33-27-40-29(36-5-7-50)44-31(42-27)38-14-1-3-18(65(53,54)55)16(11-14)46-48-24-20(67(59,60)61)9-13-10-21(68(62,63)64)25(26(52)22(13)23(24)35)49-47-17-12-15(2-4-19(17)66(56,57)58)39-32-43-28(34)41-30(45-32)37-6-8-51;;;;/h1-4,9-12,47,50-51H,5-8,35H2,(H,53,54,55)(H,56,57,58)(H,59,60,61)(H,62,63,64)(H2,36,38,40,42,44)(H2,37,39,41,43,45);;;;/q;4*+1/p-4. The topological polar surface area (TPSA) is 487 Å². The number of hydrogen-bond acceptors (Lipinski definition) is 30. The number of nitrogen functional groups attached to an aromatic ring is 1. The molecule has 1 aliphatic rings. The van der Waals surface area contributed by atoms with Gasteiger partial charge in [0.05, 0.1) is 49.7 Å². The van der Waals surface area contributed by atoms with E-state index in [4.69, 9.17) is 39.1 Å². The monoisotopic (exact) mass is 1150 g/mol. The molecule has 40 heteroatoms. The van der Waals surface area contributed by atoms with Crippen molar-refractivity contribution in [1.82, 2.24) is 29.9 Å². The number of nitrogens with two attached hydrogens (primary N) is 1. The summed E-state index contributed by atoms with van der Waals surface area (Å²) in [6.07, 6.45) is 0.386. The Bertz CT molecular complexity index is 3460. The Morgan fingerprint density at radius 3 is 1.56 bits per heavy atom. The predicted octanol–water partition coefficient (Wildman–Crippen LogP) is -11.1. The van der Waals surface area contributed by atoms with E-state index in [-0.39, 0.29) is 190 Å². The van der Waals surface area contributed by atoms with E-state index in [9.17, 15) is 56.7 Å². The number of ketones is 1. The number of halogens is 2. The first-order chi connectivity index (χ1) is 31.8. The Morgan fingerprint density at radius 1 is 0.611 bits per heavy atom. The fourth-order valence-corrected chi connectivity index (χ4v) is 8.49. The molecule has 1 aliphatic carbocycles. The minimum atomic E-state index is -5.80. The number of rotatable bonds is 18. The van der Waals surface area contributed by atoms with Crippen LogP contribution in [0.5, 0.6) is 0 Å². The van der Waals surface area contributed by atoms with Crippen LogP contribution in [0.25, 0.3) is 6.08 Å². The van der Waals surface area contributed by atoms with Crippen molar-refractivity contribution in [3.63, 3.8) is 0 Å². The molecule has 0 radical (unpaired) electrons. The average Bonchev–Trinajstić information content (AvgIpc) is 3.22. The number of anilines is 8. The van der Waals surface area contributed by atoms with Crippen molar-refractivity contribution in [3.8, 4) is 0 Å². The Kier molecular flexibility index (Phi) is 24.4. The van der Waals surface area contributed by atoms with Crippen LogP contribution in [0, 0.1) is 0 Å². The van der Waals surface area contributed by atoms with Crippen molar-refractivity contribution < 1.29 is 185 Å². The summed E-state index contributed by atoms with van der Waals surface area (Å²) >= 11 is 11.9. The number of aliphatic hydroxyl groups is 2. The molecule has 2 heterocycles. The zero-order valence-corrected chi connectivity index (χ0v) is 49.9.